The molecule has 2 aromatic rings. The normalized spacial score (nSPS) is 9.94. The number of halogens is 1. The fraction of sp³-hybridized carbons (Fsp3) is 0. The lowest BCUT2D eigenvalue weighted by Crippen LogP contribution is -1.90. The quantitative estimate of drug-likeness (QED) is 0.605. The molecule has 0 spiro atoms. The van der Waals surface area contributed by atoms with Crippen molar-refractivity contribution < 1.29 is 14.1 Å². The Kier molecular flexibility index (Phi) is 2.95. The summed E-state index contributed by atoms with van der Waals surface area (Å²) in [4.78, 5) is 13.6. The minimum atomic E-state index is -0.500. The number of ether oxygens (including phenoxy) is 1. The van der Waals surface area contributed by atoms with Gasteiger partial charge in [0.2, 0.25) is 5.88 Å². The lowest BCUT2D eigenvalue weighted by atomic mass is 10.3. The summed E-state index contributed by atoms with van der Waals surface area (Å²) in [5.74, 6) is 0.163. The van der Waals surface area contributed by atoms with Crippen molar-refractivity contribution in [3.8, 4) is 11.6 Å². The molecule has 86 valence electrons. The highest BCUT2D eigenvalue weighted by Crippen LogP contribution is 2.22. The number of pyridine rings is 1. The van der Waals surface area contributed by atoms with Gasteiger partial charge in [-0.3, -0.25) is 10.1 Å². The zero-order valence-electron chi connectivity index (χ0n) is 8.54. The molecular weight excluding hydrogens is 227 g/mol. The average Bonchev–Trinajstić information content (AvgIpc) is 2.33. The van der Waals surface area contributed by atoms with Crippen LogP contribution in [0.15, 0.2) is 42.6 Å². The molecule has 0 aliphatic carbocycles. The maximum absolute atomic E-state index is 12.6. The number of nitro groups is 1. The monoisotopic (exact) mass is 234 g/mol. The van der Waals surface area contributed by atoms with E-state index in [0.29, 0.717) is 5.75 Å². The Morgan fingerprint density at radius 1 is 1.18 bits per heavy atom. The van der Waals surface area contributed by atoms with E-state index < -0.39 is 10.7 Å². The van der Waals surface area contributed by atoms with E-state index in [1.54, 1.807) is 0 Å². The highest BCUT2D eigenvalue weighted by Gasteiger charge is 2.05. The van der Waals surface area contributed by atoms with E-state index in [1.807, 2.05) is 0 Å². The first-order chi connectivity index (χ1) is 8.15. The first kappa shape index (κ1) is 11.0. The minimum absolute atomic E-state index is 0.0237. The van der Waals surface area contributed by atoms with E-state index in [0.717, 1.165) is 6.20 Å². The van der Waals surface area contributed by atoms with Crippen LogP contribution in [0.25, 0.3) is 0 Å². The standard InChI is InChI=1S/C11H7FN2O3/c12-8-1-6-11(13-7-8)17-10-4-2-9(3-5-10)14(15)16/h1-7H. The number of nitro benzene ring substituents is 1. The number of aromatic nitrogens is 1. The van der Waals surface area contributed by atoms with Crippen LogP contribution in [0.3, 0.4) is 0 Å². The Morgan fingerprint density at radius 3 is 2.41 bits per heavy atom. The molecule has 0 bridgehead atoms. The molecule has 1 aromatic heterocycles. The number of non-ortho nitro benzene ring substituents is 1. The Hall–Kier alpha value is -2.50. The van der Waals surface area contributed by atoms with E-state index in [-0.39, 0.29) is 11.6 Å². The van der Waals surface area contributed by atoms with Gasteiger partial charge in [-0.2, -0.15) is 0 Å². The number of nitrogens with zero attached hydrogens (tertiary/aromatic N) is 2. The molecule has 0 atom stereocenters. The highest BCUT2D eigenvalue weighted by molar-refractivity contribution is 5.37. The fourth-order valence-electron chi connectivity index (χ4n) is 1.18. The van der Waals surface area contributed by atoms with Gasteiger partial charge in [0.25, 0.3) is 5.69 Å². The van der Waals surface area contributed by atoms with Crippen molar-refractivity contribution in [2.24, 2.45) is 0 Å². The molecule has 0 aliphatic rings. The van der Waals surface area contributed by atoms with Gasteiger partial charge in [0.15, 0.2) is 0 Å². The molecule has 0 aliphatic heterocycles. The van der Waals surface area contributed by atoms with Gasteiger partial charge in [-0.25, -0.2) is 9.37 Å². The molecule has 2 rings (SSSR count). The van der Waals surface area contributed by atoms with Crippen molar-refractivity contribution in [3.63, 3.8) is 0 Å². The van der Waals surface area contributed by atoms with Crippen LogP contribution in [0.5, 0.6) is 11.6 Å². The van der Waals surface area contributed by atoms with Crippen molar-refractivity contribution in [2.45, 2.75) is 0 Å². The van der Waals surface area contributed by atoms with Gasteiger partial charge in [-0.1, -0.05) is 0 Å². The van der Waals surface area contributed by atoms with Gasteiger partial charge in [-0.15, -0.1) is 0 Å². The lowest BCUT2D eigenvalue weighted by Gasteiger charge is -2.03. The SMILES string of the molecule is O=[N+]([O-])c1ccc(Oc2ccc(F)cn2)cc1. The predicted molar refractivity (Wildman–Crippen MR) is 57.4 cm³/mol. The van der Waals surface area contributed by atoms with Gasteiger partial charge in [0.05, 0.1) is 11.1 Å². The maximum Gasteiger partial charge on any atom is 0.269 e. The third-order valence-corrected chi connectivity index (χ3v) is 1.97. The third-order valence-electron chi connectivity index (χ3n) is 1.97. The summed E-state index contributed by atoms with van der Waals surface area (Å²) in [6, 6.07) is 8.12. The Labute approximate surface area is 95.6 Å². The molecule has 1 heterocycles. The van der Waals surface area contributed by atoms with Crippen LogP contribution in [0.1, 0.15) is 0 Å². The Bertz CT molecular complexity index is 525. The second-order valence-electron chi connectivity index (χ2n) is 3.17. The summed E-state index contributed by atoms with van der Waals surface area (Å²) in [6.45, 7) is 0. The van der Waals surface area contributed by atoms with Crippen molar-refractivity contribution >= 4 is 5.69 Å². The molecule has 17 heavy (non-hydrogen) atoms. The molecule has 0 amide bonds. The largest absolute Gasteiger partial charge is 0.439 e. The van der Waals surface area contributed by atoms with Gasteiger partial charge < -0.3 is 4.74 Å². The number of benzene rings is 1. The van der Waals surface area contributed by atoms with Crippen molar-refractivity contribution in [3.05, 3.63) is 58.5 Å². The molecule has 0 saturated carbocycles. The van der Waals surface area contributed by atoms with E-state index >= 15 is 0 Å². The molecule has 5 nitrogen and oxygen atoms in total. The van der Waals surface area contributed by atoms with E-state index in [1.165, 1.54) is 36.4 Å². The van der Waals surface area contributed by atoms with E-state index in [4.69, 9.17) is 4.74 Å². The third kappa shape index (κ3) is 2.75. The molecule has 0 unspecified atom stereocenters. The summed E-state index contributed by atoms with van der Waals surface area (Å²) in [6.07, 6.45) is 1.03. The summed E-state index contributed by atoms with van der Waals surface area (Å²) in [7, 11) is 0. The minimum Gasteiger partial charge on any atom is -0.439 e. The van der Waals surface area contributed by atoms with Crippen LogP contribution in [-0.2, 0) is 0 Å². The van der Waals surface area contributed by atoms with Crippen LogP contribution in [0.4, 0.5) is 10.1 Å². The number of hydrogen-bond donors (Lipinski definition) is 0. The Morgan fingerprint density at radius 2 is 1.88 bits per heavy atom. The lowest BCUT2D eigenvalue weighted by molar-refractivity contribution is -0.384. The molecular formula is C11H7FN2O3. The topological polar surface area (TPSA) is 65.3 Å². The molecule has 0 radical (unpaired) electrons. The van der Waals surface area contributed by atoms with Crippen LogP contribution < -0.4 is 4.74 Å². The van der Waals surface area contributed by atoms with Crippen molar-refractivity contribution in [1.29, 1.82) is 0 Å². The van der Waals surface area contributed by atoms with E-state index in [2.05, 4.69) is 4.98 Å². The molecule has 1 aromatic carbocycles. The smallest absolute Gasteiger partial charge is 0.269 e. The van der Waals surface area contributed by atoms with Gasteiger partial charge >= 0.3 is 0 Å². The summed E-state index contributed by atoms with van der Waals surface area (Å²) in [5.41, 5.74) is -0.0237. The van der Waals surface area contributed by atoms with E-state index in [9.17, 15) is 14.5 Å². The summed E-state index contributed by atoms with van der Waals surface area (Å²) >= 11 is 0. The Balaban J connectivity index is 2.13. The highest BCUT2D eigenvalue weighted by atomic mass is 19.1. The van der Waals surface area contributed by atoms with Crippen molar-refractivity contribution in [2.75, 3.05) is 0 Å². The van der Waals surface area contributed by atoms with Crippen molar-refractivity contribution in [1.82, 2.24) is 4.98 Å². The number of rotatable bonds is 3. The molecule has 0 saturated heterocycles. The van der Waals surface area contributed by atoms with Crippen LogP contribution in [0.2, 0.25) is 0 Å². The summed E-state index contributed by atoms with van der Waals surface area (Å²) < 4.78 is 17.8. The second kappa shape index (κ2) is 4.56. The molecule has 0 fully saturated rings. The van der Waals surface area contributed by atoms with Gasteiger partial charge in [0.1, 0.15) is 11.6 Å². The molecule has 6 heteroatoms. The fourth-order valence-corrected chi connectivity index (χ4v) is 1.18. The second-order valence-corrected chi connectivity index (χ2v) is 3.17. The summed E-state index contributed by atoms with van der Waals surface area (Å²) in [5, 5.41) is 10.4. The maximum atomic E-state index is 12.6. The van der Waals surface area contributed by atoms with Gasteiger partial charge in [-0.05, 0) is 18.2 Å². The average molecular weight is 234 g/mol. The first-order valence-corrected chi connectivity index (χ1v) is 4.69. The number of hydrogen-bond acceptors (Lipinski definition) is 4. The van der Waals surface area contributed by atoms with Crippen LogP contribution in [-0.4, -0.2) is 9.91 Å². The van der Waals surface area contributed by atoms with Crippen LogP contribution >= 0.6 is 0 Å². The predicted octanol–water partition coefficient (Wildman–Crippen LogP) is 2.92. The van der Waals surface area contributed by atoms with Crippen LogP contribution in [0, 0.1) is 15.9 Å². The molecule has 0 N–H and O–H groups in total. The first-order valence-electron chi connectivity index (χ1n) is 4.69. The zero-order valence-corrected chi connectivity index (χ0v) is 8.54. The van der Waals surface area contributed by atoms with Gasteiger partial charge in [0, 0.05) is 18.2 Å². The zero-order chi connectivity index (χ0) is 12.3.